The normalized spacial score (nSPS) is 17.9. The van der Waals surface area contributed by atoms with Crippen molar-refractivity contribution in [3.8, 4) is 0 Å². The molecular weight excluding hydrogens is 258 g/mol. The Labute approximate surface area is 120 Å². The number of hydrogen-bond acceptors (Lipinski definition) is 3. The quantitative estimate of drug-likeness (QED) is 0.811. The number of thiocarbonyl (C=S) groups is 1. The lowest BCUT2D eigenvalue weighted by Crippen LogP contribution is -2.43. The third kappa shape index (κ3) is 4.21. The van der Waals surface area contributed by atoms with Crippen LogP contribution in [-0.4, -0.2) is 36.2 Å². The summed E-state index contributed by atoms with van der Waals surface area (Å²) in [7, 11) is 0. The molecule has 0 aliphatic carbocycles. The van der Waals surface area contributed by atoms with Crippen molar-refractivity contribution in [2.45, 2.75) is 32.2 Å². The van der Waals surface area contributed by atoms with Crippen LogP contribution >= 0.6 is 12.2 Å². The molecule has 1 fully saturated rings. The molecule has 19 heavy (non-hydrogen) atoms. The van der Waals surface area contributed by atoms with Gasteiger partial charge in [0.05, 0.1) is 12.3 Å². The molecule has 1 aromatic heterocycles. The van der Waals surface area contributed by atoms with Crippen molar-refractivity contribution < 1.29 is 4.42 Å². The summed E-state index contributed by atoms with van der Waals surface area (Å²) >= 11 is 5.23. The second-order valence-electron chi connectivity index (χ2n) is 4.87. The van der Waals surface area contributed by atoms with Crippen LogP contribution in [0.5, 0.6) is 0 Å². The molecule has 1 atom stereocenters. The summed E-state index contributed by atoms with van der Waals surface area (Å²) < 4.78 is 5.60. The average Bonchev–Trinajstić information content (AvgIpc) is 2.94. The molecule has 0 amide bonds. The highest BCUT2D eigenvalue weighted by atomic mass is 32.1. The Kier molecular flexibility index (Phi) is 5.66. The van der Waals surface area contributed by atoms with E-state index in [4.69, 9.17) is 16.6 Å². The fourth-order valence-corrected chi connectivity index (χ4v) is 2.76. The molecule has 4 nitrogen and oxygen atoms in total. The Morgan fingerprint density at radius 3 is 2.79 bits per heavy atom. The van der Waals surface area contributed by atoms with Crippen LogP contribution in [-0.2, 0) is 0 Å². The van der Waals surface area contributed by atoms with E-state index < -0.39 is 0 Å². The third-order valence-electron chi connectivity index (χ3n) is 3.50. The molecule has 0 spiro atoms. The highest BCUT2D eigenvalue weighted by Crippen LogP contribution is 2.24. The molecular formula is C14H23N3OS. The maximum atomic E-state index is 5.60. The van der Waals surface area contributed by atoms with Crippen LogP contribution in [0.1, 0.15) is 38.0 Å². The van der Waals surface area contributed by atoms with Crippen molar-refractivity contribution in [3.63, 3.8) is 0 Å². The van der Waals surface area contributed by atoms with Crippen LogP contribution in [0.25, 0.3) is 0 Å². The SMILES string of the molecule is CCNC(=S)NC[C@@H](c1ccco1)N1CCCCC1. The van der Waals surface area contributed by atoms with Gasteiger partial charge in [-0.1, -0.05) is 6.42 Å². The second-order valence-corrected chi connectivity index (χ2v) is 5.28. The Bertz CT molecular complexity index is 374. The van der Waals surface area contributed by atoms with Gasteiger partial charge in [0.2, 0.25) is 0 Å². The number of furan rings is 1. The second kappa shape index (κ2) is 7.50. The molecule has 1 aliphatic rings. The predicted molar refractivity (Wildman–Crippen MR) is 81.2 cm³/mol. The van der Waals surface area contributed by atoms with Gasteiger partial charge in [0.25, 0.3) is 0 Å². The minimum absolute atomic E-state index is 0.270. The third-order valence-corrected chi connectivity index (χ3v) is 3.79. The van der Waals surface area contributed by atoms with E-state index >= 15 is 0 Å². The van der Waals surface area contributed by atoms with Crippen LogP contribution in [0.4, 0.5) is 0 Å². The Balaban J connectivity index is 1.96. The van der Waals surface area contributed by atoms with Crippen molar-refractivity contribution in [1.82, 2.24) is 15.5 Å². The molecule has 2 heterocycles. The van der Waals surface area contributed by atoms with Gasteiger partial charge in [-0.05, 0) is 57.2 Å². The van der Waals surface area contributed by atoms with E-state index in [1.807, 2.05) is 13.0 Å². The summed E-state index contributed by atoms with van der Waals surface area (Å²) in [6.07, 6.45) is 5.63. The first-order valence-electron chi connectivity index (χ1n) is 7.10. The Morgan fingerprint density at radius 1 is 1.37 bits per heavy atom. The number of nitrogens with zero attached hydrogens (tertiary/aromatic N) is 1. The lowest BCUT2D eigenvalue weighted by atomic mass is 10.1. The largest absolute Gasteiger partial charge is 0.468 e. The van der Waals surface area contributed by atoms with Gasteiger partial charge in [-0.3, -0.25) is 4.90 Å². The first kappa shape index (κ1) is 14.3. The Hall–Kier alpha value is -1.07. The molecule has 2 rings (SSSR count). The lowest BCUT2D eigenvalue weighted by molar-refractivity contribution is 0.146. The molecule has 5 heteroatoms. The number of nitrogens with one attached hydrogen (secondary N) is 2. The van der Waals surface area contributed by atoms with Gasteiger partial charge in [0, 0.05) is 13.1 Å². The fraction of sp³-hybridized carbons (Fsp3) is 0.643. The average molecular weight is 281 g/mol. The van der Waals surface area contributed by atoms with Crippen LogP contribution < -0.4 is 10.6 Å². The lowest BCUT2D eigenvalue weighted by Gasteiger charge is -2.33. The van der Waals surface area contributed by atoms with Crippen molar-refractivity contribution in [1.29, 1.82) is 0 Å². The smallest absolute Gasteiger partial charge is 0.166 e. The van der Waals surface area contributed by atoms with Crippen LogP contribution in [0.2, 0.25) is 0 Å². The summed E-state index contributed by atoms with van der Waals surface area (Å²) in [6.45, 7) is 5.96. The number of rotatable bonds is 5. The van der Waals surface area contributed by atoms with Gasteiger partial charge in [-0.2, -0.15) is 0 Å². The van der Waals surface area contributed by atoms with Gasteiger partial charge >= 0.3 is 0 Å². The van der Waals surface area contributed by atoms with E-state index in [-0.39, 0.29) is 6.04 Å². The zero-order chi connectivity index (χ0) is 13.5. The highest BCUT2D eigenvalue weighted by molar-refractivity contribution is 7.80. The number of likely N-dealkylation sites (tertiary alicyclic amines) is 1. The first-order chi connectivity index (χ1) is 9.31. The van der Waals surface area contributed by atoms with Crippen molar-refractivity contribution in [2.24, 2.45) is 0 Å². The summed E-state index contributed by atoms with van der Waals surface area (Å²) in [5.41, 5.74) is 0. The van der Waals surface area contributed by atoms with Gasteiger partial charge in [-0.15, -0.1) is 0 Å². The topological polar surface area (TPSA) is 40.4 Å². The van der Waals surface area contributed by atoms with E-state index in [2.05, 4.69) is 21.6 Å². The molecule has 0 aromatic carbocycles. The van der Waals surface area contributed by atoms with Crippen molar-refractivity contribution in [2.75, 3.05) is 26.2 Å². The molecule has 106 valence electrons. The monoisotopic (exact) mass is 281 g/mol. The van der Waals surface area contributed by atoms with E-state index in [1.54, 1.807) is 6.26 Å². The minimum atomic E-state index is 0.270. The summed E-state index contributed by atoms with van der Waals surface area (Å²) in [5, 5.41) is 7.13. The number of piperidine rings is 1. The minimum Gasteiger partial charge on any atom is -0.468 e. The molecule has 1 aliphatic heterocycles. The van der Waals surface area contributed by atoms with E-state index in [0.717, 1.165) is 37.1 Å². The summed E-state index contributed by atoms with van der Waals surface area (Å²) in [4.78, 5) is 2.49. The van der Waals surface area contributed by atoms with Gasteiger partial charge < -0.3 is 15.1 Å². The van der Waals surface area contributed by atoms with Crippen LogP contribution in [0.15, 0.2) is 22.8 Å². The van der Waals surface area contributed by atoms with E-state index in [9.17, 15) is 0 Å². The Morgan fingerprint density at radius 2 is 2.16 bits per heavy atom. The van der Waals surface area contributed by atoms with Gasteiger partial charge in [0.15, 0.2) is 5.11 Å². The van der Waals surface area contributed by atoms with Crippen molar-refractivity contribution >= 4 is 17.3 Å². The van der Waals surface area contributed by atoms with Gasteiger partial charge in [0.1, 0.15) is 5.76 Å². The first-order valence-corrected chi connectivity index (χ1v) is 7.51. The van der Waals surface area contributed by atoms with Crippen LogP contribution in [0.3, 0.4) is 0 Å². The molecule has 1 aromatic rings. The molecule has 0 saturated carbocycles. The zero-order valence-electron chi connectivity index (χ0n) is 11.5. The molecule has 0 unspecified atom stereocenters. The molecule has 2 N–H and O–H groups in total. The highest BCUT2D eigenvalue weighted by Gasteiger charge is 2.24. The maximum absolute atomic E-state index is 5.60. The molecule has 0 bridgehead atoms. The van der Waals surface area contributed by atoms with E-state index in [1.165, 1.54) is 19.3 Å². The molecule has 0 radical (unpaired) electrons. The predicted octanol–water partition coefficient (Wildman–Crippen LogP) is 2.29. The van der Waals surface area contributed by atoms with Gasteiger partial charge in [-0.25, -0.2) is 0 Å². The van der Waals surface area contributed by atoms with E-state index in [0.29, 0.717) is 0 Å². The fourth-order valence-electron chi connectivity index (χ4n) is 2.53. The van der Waals surface area contributed by atoms with Crippen molar-refractivity contribution in [3.05, 3.63) is 24.2 Å². The summed E-state index contributed by atoms with van der Waals surface area (Å²) in [5.74, 6) is 1.02. The van der Waals surface area contributed by atoms with Crippen LogP contribution in [0, 0.1) is 0 Å². The zero-order valence-corrected chi connectivity index (χ0v) is 12.3. The maximum Gasteiger partial charge on any atom is 0.166 e. The number of hydrogen-bond donors (Lipinski definition) is 2. The molecule has 1 saturated heterocycles. The standard InChI is InChI=1S/C14H23N3OS/c1-2-15-14(19)16-11-12(13-7-6-10-18-13)17-8-4-3-5-9-17/h6-7,10,12H,2-5,8-9,11H2,1H3,(H2,15,16,19)/t12-/m0/s1. The summed E-state index contributed by atoms with van der Waals surface area (Å²) in [6, 6.07) is 4.28.